The summed E-state index contributed by atoms with van der Waals surface area (Å²) in [6, 6.07) is 0. The van der Waals surface area contributed by atoms with E-state index in [1.54, 1.807) is 0 Å². The maximum absolute atomic E-state index is 12.3. The normalized spacial score (nSPS) is 17.1. The number of carbonyl (C=O) groups excluding carboxylic acids is 1. The predicted octanol–water partition coefficient (Wildman–Crippen LogP) is 1.76. The van der Waals surface area contributed by atoms with E-state index in [4.69, 9.17) is 5.73 Å². The van der Waals surface area contributed by atoms with E-state index >= 15 is 0 Å². The average Bonchev–Trinajstić information content (AvgIpc) is 3.04. The van der Waals surface area contributed by atoms with Crippen LogP contribution >= 0.6 is 11.3 Å². The maximum Gasteiger partial charge on any atom is 0.265 e. The van der Waals surface area contributed by atoms with Gasteiger partial charge in [0.2, 0.25) is 0 Å². The van der Waals surface area contributed by atoms with E-state index < -0.39 is 0 Å². The third-order valence-electron chi connectivity index (χ3n) is 4.25. The van der Waals surface area contributed by atoms with Crippen molar-refractivity contribution < 1.29 is 4.79 Å². The van der Waals surface area contributed by atoms with Gasteiger partial charge < -0.3 is 21.3 Å². The molecule has 1 aliphatic rings. The minimum absolute atomic E-state index is 0.0829. The first-order valence-corrected chi connectivity index (χ1v) is 8.26. The number of amides is 1. The summed E-state index contributed by atoms with van der Waals surface area (Å²) in [4.78, 5) is 19.2. The van der Waals surface area contributed by atoms with Gasteiger partial charge >= 0.3 is 0 Å². The second-order valence-electron chi connectivity index (χ2n) is 5.77. The van der Waals surface area contributed by atoms with Crippen LogP contribution in [-0.4, -0.2) is 48.5 Å². The lowest BCUT2D eigenvalue weighted by molar-refractivity contribution is 0.0904. The lowest BCUT2D eigenvalue weighted by Crippen LogP contribution is -2.50. The van der Waals surface area contributed by atoms with Crippen LogP contribution in [0.3, 0.4) is 0 Å². The van der Waals surface area contributed by atoms with Gasteiger partial charge in [-0.25, -0.2) is 4.98 Å². The van der Waals surface area contributed by atoms with Crippen LogP contribution in [0.2, 0.25) is 0 Å². The van der Waals surface area contributed by atoms with Crippen molar-refractivity contribution in [1.29, 1.82) is 0 Å². The summed E-state index contributed by atoms with van der Waals surface area (Å²) in [5.74, 6) is 0.182. The molecule has 4 N–H and O–H groups in total. The van der Waals surface area contributed by atoms with Crippen LogP contribution in [-0.2, 0) is 0 Å². The van der Waals surface area contributed by atoms with E-state index in [-0.39, 0.29) is 11.4 Å². The van der Waals surface area contributed by atoms with Gasteiger partial charge in [0.1, 0.15) is 10.7 Å². The van der Waals surface area contributed by atoms with E-state index in [1.165, 1.54) is 24.2 Å². The standard InChI is InChI=1S/C14H25N5OS/c1-4-16-13-18-11(15)10(21-13)12(20)17-9-14(19(2)3)7-5-6-8-14/h4-9,15H2,1-3H3,(H,16,18)(H,17,20). The minimum Gasteiger partial charge on any atom is -0.382 e. The molecule has 1 heterocycles. The number of nitrogen functional groups attached to an aromatic ring is 1. The maximum atomic E-state index is 12.3. The van der Waals surface area contributed by atoms with Gasteiger partial charge in [-0.3, -0.25) is 4.79 Å². The number of aromatic nitrogens is 1. The lowest BCUT2D eigenvalue weighted by atomic mass is 9.96. The molecule has 0 unspecified atom stereocenters. The molecule has 2 rings (SSSR count). The molecular formula is C14H25N5OS. The molecule has 6 nitrogen and oxygen atoms in total. The van der Waals surface area contributed by atoms with E-state index in [0.29, 0.717) is 22.4 Å². The first-order chi connectivity index (χ1) is 9.98. The number of nitrogens with two attached hydrogens (primary N) is 1. The molecule has 0 saturated heterocycles. The Morgan fingerprint density at radius 1 is 1.43 bits per heavy atom. The largest absolute Gasteiger partial charge is 0.382 e. The molecule has 1 amide bonds. The molecule has 7 heteroatoms. The fraction of sp³-hybridized carbons (Fsp3) is 0.714. The van der Waals surface area contributed by atoms with Crippen molar-refractivity contribution in [3.8, 4) is 0 Å². The van der Waals surface area contributed by atoms with E-state index in [0.717, 1.165) is 19.4 Å². The summed E-state index contributed by atoms with van der Waals surface area (Å²) in [7, 11) is 4.17. The number of anilines is 2. The zero-order valence-corrected chi connectivity index (χ0v) is 13.8. The summed E-state index contributed by atoms with van der Waals surface area (Å²) in [5.41, 5.74) is 5.92. The Bertz CT molecular complexity index is 494. The molecular weight excluding hydrogens is 286 g/mol. The van der Waals surface area contributed by atoms with Crippen molar-refractivity contribution in [2.75, 3.05) is 38.2 Å². The van der Waals surface area contributed by atoms with Crippen molar-refractivity contribution in [1.82, 2.24) is 15.2 Å². The molecule has 1 aromatic heterocycles. The fourth-order valence-corrected chi connectivity index (χ4v) is 3.73. The van der Waals surface area contributed by atoms with E-state index in [2.05, 4.69) is 34.6 Å². The molecule has 0 atom stereocenters. The molecule has 0 aromatic carbocycles. The van der Waals surface area contributed by atoms with Crippen LogP contribution in [0.5, 0.6) is 0 Å². The number of likely N-dealkylation sites (N-methyl/N-ethyl adjacent to an activating group) is 1. The number of nitrogens with one attached hydrogen (secondary N) is 2. The van der Waals surface area contributed by atoms with Crippen molar-refractivity contribution in [3.05, 3.63) is 4.88 Å². The van der Waals surface area contributed by atoms with Crippen LogP contribution in [0.15, 0.2) is 0 Å². The van der Waals surface area contributed by atoms with Crippen LogP contribution < -0.4 is 16.4 Å². The van der Waals surface area contributed by atoms with Crippen LogP contribution in [0.1, 0.15) is 42.3 Å². The van der Waals surface area contributed by atoms with Crippen LogP contribution in [0, 0.1) is 0 Å². The summed E-state index contributed by atoms with van der Waals surface area (Å²) >= 11 is 1.31. The quantitative estimate of drug-likeness (QED) is 0.745. The Morgan fingerprint density at radius 3 is 2.67 bits per heavy atom. The Balaban J connectivity index is 2.01. The molecule has 0 bridgehead atoms. The Morgan fingerprint density at radius 2 is 2.10 bits per heavy atom. The van der Waals surface area contributed by atoms with Gasteiger partial charge in [0.15, 0.2) is 5.13 Å². The molecule has 1 saturated carbocycles. The van der Waals surface area contributed by atoms with Crippen LogP contribution in [0.4, 0.5) is 10.9 Å². The van der Waals surface area contributed by atoms with Crippen LogP contribution in [0.25, 0.3) is 0 Å². The number of rotatable bonds is 6. The van der Waals surface area contributed by atoms with Gasteiger partial charge in [-0.15, -0.1) is 0 Å². The summed E-state index contributed by atoms with van der Waals surface area (Å²) < 4.78 is 0. The van der Waals surface area contributed by atoms with Gasteiger partial charge in [0, 0.05) is 18.6 Å². The molecule has 0 spiro atoms. The third-order valence-corrected chi connectivity index (χ3v) is 5.28. The van der Waals surface area contributed by atoms with Crippen molar-refractivity contribution in [2.45, 2.75) is 38.1 Å². The monoisotopic (exact) mass is 311 g/mol. The van der Waals surface area contributed by atoms with Crippen molar-refractivity contribution in [3.63, 3.8) is 0 Å². The highest BCUT2D eigenvalue weighted by Crippen LogP contribution is 2.33. The highest BCUT2D eigenvalue weighted by molar-refractivity contribution is 7.18. The van der Waals surface area contributed by atoms with Gasteiger partial charge in [-0.1, -0.05) is 24.2 Å². The third kappa shape index (κ3) is 3.47. The van der Waals surface area contributed by atoms with Gasteiger partial charge in [0.05, 0.1) is 0 Å². The topological polar surface area (TPSA) is 83.3 Å². The summed E-state index contributed by atoms with van der Waals surface area (Å²) in [6.45, 7) is 3.41. The number of nitrogens with zero attached hydrogens (tertiary/aromatic N) is 2. The Hall–Kier alpha value is -1.34. The molecule has 1 aliphatic carbocycles. The minimum atomic E-state index is -0.123. The van der Waals surface area contributed by atoms with Crippen molar-refractivity contribution >= 4 is 28.2 Å². The average molecular weight is 311 g/mol. The van der Waals surface area contributed by atoms with Gasteiger partial charge in [-0.05, 0) is 33.9 Å². The molecule has 21 heavy (non-hydrogen) atoms. The second kappa shape index (κ2) is 6.62. The molecule has 1 aromatic rings. The van der Waals surface area contributed by atoms with Gasteiger partial charge in [-0.2, -0.15) is 0 Å². The lowest BCUT2D eigenvalue weighted by Gasteiger charge is -2.36. The zero-order valence-electron chi connectivity index (χ0n) is 13.0. The van der Waals surface area contributed by atoms with E-state index in [9.17, 15) is 4.79 Å². The summed E-state index contributed by atoms with van der Waals surface area (Å²) in [6.07, 6.45) is 4.70. The number of hydrogen-bond donors (Lipinski definition) is 3. The van der Waals surface area contributed by atoms with Crippen molar-refractivity contribution in [2.24, 2.45) is 0 Å². The van der Waals surface area contributed by atoms with E-state index in [1.807, 2.05) is 6.92 Å². The smallest absolute Gasteiger partial charge is 0.265 e. The fourth-order valence-electron chi connectivity index (χ4n) is 2.86. The number of thiazole rings is 1. The Labute approximate surface area is 130 Å². The summed E-state index contributed by atoms with van der Waals surface area (Å²) in [5, 5.41) is 6.82. The Kier molecular flexibility index (Phi) is 5.05. The first kappa shape index (κ1) is 16.0. The SMILES string of the molecule is CCNc1nc(N)c(C(=O)NCC2(N(C)C)CCCC2)s1. The highest BCUT2D eigenvalue weighted by atomic mass is 32.1. The predicted molar refractivity (Wildman–Crippen MR) is 87.9 cm³/mol. The molecule has 0 aliphatic heterocycles. The molecule has 118 valence electrons. The highest BCUT2D eigenvalue weighted by Gasteiger charge is 2.36. The molecule has 0 radical (unpaired) electrons. The number of hydrogen-bond acceptors (Lipinski definition) is 6. The van der Waals surface area contributed by atoms with Gasteiger partial charge in [0.25, 0.3) is 5.91 Å². The second-order valence-corrected chi connectivity index (χ2v) is 6.77. The number of carbonyl (C=O) groups is 1. The zero-order chi connectivity index (χ0) is 15.5. The molecule has 1 fully saturated rings. The first-order valence-electron chi connectivity index (χ1n) is 7.44.